The third-order valence-electron chi connectivity index (χ3n) is 3.45. The number of carbonyl (C=O) groups is 1. The first-order valence-electron chi connectivity index (χ1n) is 7.31. The van der Waals surface area contributed by atoms with Gasteiger partial charge in [0.2, 0.25) is 0 Å². The molecule has 0 saturated heterocycles. The molecular formula is C18H21ClLiO3P. The normalized spacial score (nSPS) is 10.7. The van der Waals surface area contributed by atoms with E-state index in [1.165, 1.54) is 0 Å². The van der Waals surface area contributed by atoms with Crippen molar-refractivity contribution >= 4 is 31.0 Å². The van der Waals surface area contributed by atoms with E-state index in [4.69, 9.17) is 21.1 Å². The maximum absolute atomic E-state index is 12.6. The predicted molar refractivity (Wildman–Crippen MR) is 98.1 cm³/mol. The first-order valence-corrected chi connectivity index (χ1v) is 8.69. The van der Waals surface area contributed by atoms with Gasteiger partial charge in [0.15, 0.2) is 5.52 Å². The van der Waals surface area contributed by atoms with Crippen LogP contribution >= 0.6 is 20.2 Å². The molecule has 0 aliphatic carbocycles. The Hall–Kier alpha value is -0.813. The van der Waals surface area contributed by atoms with Crippen LogP contribution in [-0.2, 0) is 4.74 Å². The second kappa shape index (κ2) is 10.2. The summed E-state index contributed by atoms with van der Waals surface area (Å²) in [5, 5.41) is 1.52. The van der Waals surface area contributed by atoms with Crippen molar-refractivity contribution in [2.75, 3.05) is 20.3 Å². The van der Waals surface area contributed by atoms with Gasteiger partial charge >= 0.3 is 18.9 Å². The van der Waals surface area contributed by atoms with Crippen LogP contribution in [0.2, 0.25) is 5.02 Å². The van der Waals surface area contributed by atoms with Crippen molar-refractivity contribution in [1.82, 2.24) is 0 Å². The molecule has 0 aromatic heterocycles. The van der Waals surface area contributed by atoms with Gasteiger partial charge in [-0.25, -0.2) is 0 Å². The topological polar surface area (TPSA) is 35.5 Å². The van der Waals surface area contributed by atoms with Crippen molar-refractivity contribution in [3.8, 4) is 5.75 Å². The summed E-state index contributed by atoms with van der Waals surface area (Å²) in [5.41, 5.74) is 2.63. The standard InChI is InChI=1S/C18H20ClO3P.Li.H/c1-12-5-4-6-15(19)17(12)18(20)23-16-8-7-14(11-13(16)2)22-10-9-21-3;;/h4-8,11,23H,9-10H2,1-3H3;;/q;+1;-1. The Morgan fingerprint density at radius 3 is 2.54 bits per heavy atom. The van der Waals surface area contributed by atoms with Crippen molar-refractivity contribution < 1.29 is 34.6 Å². The van der Waals surface area contributed by atoms with Gasteiger partial charge in [-0.2, -0.15) is 0 Å². The predicted octanol–water partition coefficient (Wildman–Crippen LogP) is 1.24. The van der Waals surface area contributed by atoms with Crippen LogP contribution in [0.4, 0.5) is 0 Å². The molecule has 0 aliphatic rings. The van der Waals surface area contributed by atoms with E-state index in [9.17, 15) is 4.79 Å². The largest absolute Gasteiger partial charge is 1.00 e. The number of ether oxygens (including phenoxy) is 2. The Morgan fingerprint density at radius 1 is 1.17 bits per heavy atom. The van der Waals surface area contributed by atoms with Crippen LogP contribution in [0.25, 0.3) is 0 Å². The molecule has 0 bridgehead atoms. The van der Waals surface area contributed by atoms with Crippen LogP contribution in [0.5, 0.6) is 5.75 Å². The molecule has 24 heavy (non-hydrogen) atoms. The number of hydrogen-bond donors (Lipinski definition) is 0. The fraction of sp³-hybridized carbons (Fsp3) is 0.278. The summed E-state index contributed by atoms with van der Waals surface area (Å²) < 4.78 is 10.5. The van der Waals surface area contributed by atoms with Gasteiger partial charge < -0.3 is 10.9 Å². The van der Waals surface area contributed by atoms with E-state index in [2.05, 4.69) is 0 Å². The molecule has 1 unspecified atom stereocenters. The second-order valence-corrected chi connectivity index (χ2v) is 6.85. The number of methoxy groups -OCH3 is 1. The summed E-state index contributed by atoms with van der Waals surface area (Å²) in [6, 6.07) is 11.3. The Kier molecular flexibility index (Phi) is 9.06. The molecule has 0 saturated carbocycles. The maximum Gasteiger partial charge on any atom is 1.00 e. The number of halogens is 1. The first kappa shape index (κ1) is 21.2. The summed E-state index contributed by atoms with van der Waals surface area (Å²) >= 11 is 6.18. The fourth-order valence-electron chi connectivity index (χ4n) is 2.21. The van der Waals surface area contributed by atoms with Crippen molar-refractivity contribution in [1.29, 1.82) is 0 Å². The molecule has 0 spiro atoms. The molecule has 6 heteroatoms. The van der Waals surface area contributed by atoms with Gasteiger partial charge in [0.1, 0.15) is 12.4 Å². The van der Waals surface area contributed by atoms with Crippen LogP contribution in [-0.4, -0.2) is 25.8 Å². The van der Waals surface area contributed by atoms with Crippen LogP contribution in [0.15, 0.2) is 36.4 Å². The monoisotopic (exact) mass is 358 g/mol. The minimum Gasteiger partial charge on any atom is -1.00 e. The molecule has 3 nitrogen and oxygen atoms in total. The van der Waals surface area contributed by atoms with Gasteiger partial charge in [0, 0.05) is 12.7 Å². The summed E-state index contributed by atoms with van der Waals surface area (Å²) in [7, 11) is 1.68. The minimum absolute atomic E-state index is 0. The third kappa shape index (κ3) is 5.62. The van der Waals surface area contributed by atoms with Crippen molar-refractivity contribution in [2.24, 2.45) is 0 Å². The Bertz CT molecular complexity index is 692. The van der Waals surface area contributed by atoms with Gasteiger partial charge in [0.05, 0.1) is 11.6 Å². The first-order chi connectivity index (χ1) is 11.0. The van der Waals surface area contributed by atoms with E-state index in [1.54, 1.807) is 13.2 Å². The summed E-state index contributed by atoms with van der Waals surface area (Å²) in [6.45, 7) is 4.95. The molecule has 1 atom stereocenters. The zero-order chi connectivity index (χ0) is 16.8. The van der Waals surface area contributed by atoms with E-state index in [0.29, 0.717) is 23.8 Å². The molecule has 2 aromatic rings. The summed E-state index contributed by atoms with van der Waals surface area (Å²) in [5.74, 6) is 0.787. The number of aryl methyl sites for hydroxylation is 2. The number of carbonyl (C=O) groups excluding carboxylic acids is 1. The second-order valence-electron chi connectivity index (χ2n) is 5.20. The quantitative estimate of drug-likeness (QED) is 0.424. The van der Waals surface area contributed by atoms with Crippen LogP contribution in [0, 0.1) is 13.8 Å². The van der Waals surface area contributed by atoms with E-state index in [0.717, 1.165) is 22.2 Å². The van der Waals surface area contributed by atoms with Gasteiger partial charge in [-0.1, -0.05) is 29.8 Å². The SMILES string of the molecule is COCCOc1ccc(PC(=O)c2c(C)cccc2Cl)c(C)c1.[H-].[Li+]. The van der Waals surface area contributed by atoms with Crippen LogP contribution < -0.4 is 28.9 Å². The van der Waals surface area contributed by atoms with Gasteiger partial charge in [-0.05, 0) is 57.1 Å². The molecule has 2 aromatic carbocycles. The zero-order valence-corrected chi connectivity index (χ0v) is 16.2. The van der Waals surface area contributed by atoms with Crippen molar-refractivity contribution in [2.45, 2.75) is 13.8 Å². The Balaban J connectivity index is 0.00000288. The number of hydrogen-bond acceptors (Lipinski definition) is 3. The van der Waals surface area contributed by atoms with E-state index >= 15 is 0 Å². The molecule has 0 amide bonds. The average molecular weight is 359 g/mol. The fourth-order valence-corrected chi connectivity index (χ4v) is 3.74. The van der Waals surface area contributed by atoms with Gasteiger partial charge in [-0.3, -0.25) is 4.79 Å². The Morgan fingerprint density at radius 2 is 1.92 bits per heavy atom. The zero-order valence-electron chi connectivity index (χ0n) is 15.5. The Labute approximate surface area is 163 Å². The van der Waals surface area contributed by atoms with Crippen LogP contribution in [0.3, 0.4) is 0 Å². The van der Waals surface area contributed by atoms with Gasteiger partial charge in [0.25, 0.3) is 0 Å². The number of rotatable bonds is 7. The minimum atomic E-state index is 0. The van der Waals surface area contributed by atoms with Crippen molar-refractivity contribution in [3.63, 3.8) is 0 Å². The smallest absolute Gasteiger partial charge is 1.00 e. The molecule has 0 N–H and O–H groups in total. The van der Waals surface area contributed by atoms with Gasteiger partial charge in [-0.15, -0.1) is 0 Å². The molecule has 0 aliphatic heterocycles. The summed E-state index contributed by atoms with van der Waals surface area (Å²) in [6.07, 6.45) is 0. The average Bonchev–Trinajstić information content (AvgIpc) is 2.50. The molecule has 0 heterocycles. The van der Waals surface area contributed by atoms with E-state index < -0.39 is 0 Å². The molecule has 0 radical (unpaired) electrons. The van der Waals surface area contributed by atoms with E-state index in [1.807, 2.05) is 44.2 Å². The summed E-state index contributed by atoms with van der Waals surface area (Å²) in [4.78, 5) is 12.6. The molecular weight excluding hydrogens is 338 g/mol. The van der Waals surface area contributed by atoms with Crippen LogP contribution in [0.1, 0.15) is 22.9 Å². The number of benzene rings is 2. The maximum atomic E-state index is 12.6. The molecule has 124 valence electrons. The van der Waals surface area contributed by atoms with E-state index in [-0.39, 0.29) is 34.4 Å². The molecule has 0 fully saturated rings. The van der Waals surface area contributed by atoms with Crippen molar-refractivity contribution in [3.05, 3.63) is 58.1 Å². The third-order valence-corrected chi connectivity index (χ3v) is 5.07. The molecule has 2 rings (SSSR count).